The van der Waals surface area contributed by atoms with Crippen LogP contribution in [0.5, 0.6) is 0 Å². The third-order valence-electron chi connectivity index (χ3n) is 5.15. The minimum atomic E-state index is -0.0315. The van der Waals surface area contributed by atoms with Gasteiger partial charge in [0.15, 0.2) is 0 Å². The van der Waals surface area contributed by atoms with Gasteiger partial charge in [0, 0.05) is 29.6 Å². The topological polar surface area (TPSA) is 61.0 Å². The second-order valence-corrected chi connectivity index (χ2v) is 8.39. The van der Waals surface area contributed by atoms with Crippen LogP contribution in [-0.4, -0.2) is 35.2 Å². The molecule has 0 aliphatic carbocycles. The highest BCUT2D eigenvalue weighted by molar-refractivity contribution is 7.98. The number of imidazole rings is 1. The van der Waals surface area contributed by atoms with E-state index in [9.17, 15) is 4.79 Å². The molecule has 146 valence electrons. The van der Waals surface area contributed by atoms with E-state index in [0.29, 0.717) is 18.1 Å². The molecule has 0 radical (unpaired) electrons. The third-order valence-corrected chi connectivity index (χ3v) is 6.13. The molecule has 1 saturated heterocycles. The predicted molar refractivity (Wildman–Crippen MR) is 116 cm³/mol. The Morgan fingerprint density at radius 3 is 2.93 bits per heavy atom. The summed E-state index contributed by atoms with van der Waals surface area (Å²) in [6, 6.07) is 13.9. The molecule has 0 bridgehead atoms. The zero-order valence-corrected chi connectivity index (χ0v) is 17.3. The van der Waals surface area contributed by atoms with Crippen molar-refractivity contribution >= 4 is 46.3 Å². The number of thioether (sulfide) groups is 1. The Bertz CT molecular complexity index is 972. The second kappa shape index (κ2) is 8.45. The molecule has 1 aliphatic rings. The molecular formula is C21H23ClN4OS. The molecule has 2 N–H and O–H groups in total. The molecule has 3 aromatic rings. The minimum absolute atomic E-state index is 0.0315. The Kier molecular flexibility index (Phi) is 5.78. The van der Waals surface area contributed by atoms with Crippen LogP contribution in [0.15, 0.2) is 47.4 Å². The van der Waals surface area contributed by atoms with Crippen molar-refractivity contribution in [3.8, 4) is 0 Å². The lowest BCUT2D eigenvalue weighted by atomic mass is 9.97. The Morgan fingerprint density at radius 2 is 2.14 bits per heavy atom. The summed E-state index contributed by atoms with van der Waals surface area (Å²) in [5.41, 5.74) is 2.93. The molecule has 2 aromatic carbocycles. The minimum Gasteiger partial charge on any atom is -0.352 e. The first kappa shape index (κ1) is 19.2. The van der Waals surface area contributed by atoms with E-state index in [1.807, 2.05) is 18.2 Å². The molecule has 5 nitrogen and oxygen atoms in total. The molecule has 1 aromatic heterocycles. The molecule has 1 atom stereocenters. The zero-order valence-electron chi connectivity index (χ0n) is 15.7. The Labute approximate surface area is 173 Å². The maximum absolute atomic E-state index is 12.7. The van der Waals surface area contributed by atoms with Gasteiger partial charge in [-0.25, -0.2) is 4.98 Å². The van der Waals surface area contributed by atoms with Crippen LogP contribution < -0.4 is 10.2 Å². The van der Waals surface area contributed by atoms with Crippen LogP contribution in [0.1, 0.15) is 18.4 Å². The van der Waals surface area contributed by atoms with Gasteiger partial charge < -0.3 is 15.2 Å². The summed E-state index contributed by atoms with van der Waals surface area (Å²) in [5.74, 6) is 0.885. The van der Waals surface area contributed by atoms with Gasteiger partial charge in [-0.2, -0.15) is 0 Å². The molecule has 1 amide bonds. The van der Waals surface area contributed by atoms with Gasteiger partial charge in [0.25, 0.3) is 0 Å². The number of amides is 1. The van der Waals surface area contributed by atoms with Crippen LogP contribution in [0.4, 0.5) is 5.95 Å². The largest absolute Gasteiger partial charge is 0.352 e. The van der Waals surface area contributed by atoms with Crippen molar-refractivity contribution < 1.29 is 4.79 Å². The number of fused-ring (bicyclic) bond motifs is 1. The molecule has 0 spiro atoms. The van der Waals surface area contributed by atoms with Crippen molar-refractivity contribution in [2.24, 2.45) is 5.92 Å². The summed E-state index contributed by atoms with van der Waals surface area (Å²) in [6.45, 7) is 2.13. The number of hydrogen-bond donors (Lipinski definition) is 2. The van der Waals surface area contributed by atoms with E-state index >= 15 is 0 Å². The maximum atomic E-state index is 12.7. The second-order valence-electron chi connectivity index (χ2n) is 7.07. The summed E-state index contributed by atoms with van der Waals surface area (Å²) in [5, 5.41) is 3.78. The van der Waals surface area contributed by atoms with Crippen molar-refractivity contribution in [2.45, 2.75) is 24.3 Å². The van der Waals surface area contributed by atoms with Gasteiger partial charge in [-0.1, -0.05) is 23.7 Å². The van der Waals surface area contributed by atoms with Crippen LogP contribution in [-0.2, 0) is 11.3 Å². The number of hydrogen-bond acceptors (Lipinski definition) is 4. The highest BCUT2D eigenvalue weighted by Gasteiger charge is 2.27. The maximum Gasteiger partial charge on any atom is 0.225 e. The highest BCUT2D eigenvalue weighted by Crippen LogP contribution is 2.25. The van der Waals surface area contributed by atoms with Gasteiger partial charge in [0.1, 0.15) is 0 Å². The first-order valence-corrected chi connectivity index (χ1v) is 11.0. The van der Waals surface area contributed by atoms with Crippen molar-refractivity contribution in [1.82, 2.24) is 15.3 Å². The Morgan fingerprint density at radius 1 is 1.32 bits per heavy atom. The number of carbonyl (C=O) groups is 1. The van der Waals surface area contributed by atoms with Crippen LogP contribution in [0.3, 0.4) is 0 Å². The summed E-state index contributed by atoms with van der Waals surface area (Å²) >= 11 is 7.78. The SMILES string of the molecule is CSc1ccc(CNC(=O)[C@H]2CCCN(c3nc4ccc(Cl)cc4[nH]3)C2)cc1. The standard InChI is InChI=1S/C21H23ClN4OS/c1-28-17-7-4-14(5-8-17)12-23-20(27)15-3-2-10-26(13-15)21-24-18-9-6-16(22)11-19(18)25-21/h4-9,11,15H,2-3,10,12-13H2,1H3,(H,23,27)(H,24,25)/t15-/m0/s1. The molecule has 4 rings (SSSR count). The Hall–Kier alpha value is -2.18. The summed E-state index contributed by atoms with van der Waals surface area (Å²) in [6.07, 6.45) is 3.93. The van der Waals surface area contributed by atoms with Crippen molar-refractivity contribution in [3.63, 3.8) is 0 Å². The third kappa shape index (κ3) is 4.28. The van der Waals surface area contributed by atoms with E-state index in [1.54, 1.807) is 11.8 Å². The van der Waals surface area contributed by atoms with E-state index in [2.05, 4.69) is 50.7 Å². The molecule has 0 unspecified atom stereocenters. The number of halogens is 1. The van der Waals surface area contributed by atoms with E-state index in [-0.39, 0.29) is 11.8 Å². The Balaban J connectivity index is 1.38. The molecule has 28 heavy (non-hydrogen) atoms. The van der Waals surface area contributed by atoms with E-state index in [1.165, 1.54) is 4.90 Å². The predicted octanol–water partition coefficient (Wildman–Crippen LogP) is 4.47. The number of rotatable bonds is 5. The summed E-state index contributed by atoms with van der Waals surface area (Å²) < 4.78 is 0. The number of aromatic nitrogens is 2. The zero-order chi connectivity index (χ0) is 19.5. The number of anilines is 1. The normalized spacial score (nSPS) is 17.1. The van der Waals surface area contributed by atoms with Gasteiger partial charge in [-0.3, -0.25) is 4.79 Å². The number of H-pyrrole nitrogens is 1. The number of benzene rings is 2. The summed E-state index contributed by atoms with van der Waals surface area (Å²) in [4.78, 5) is 24.1. The molecule has 7 heteroatoms. The lowest BCUT2D eigenvalue weighted by Crippen LogP contribution is -2.43. The fourth-order valence-electron chi connectivity index (χ4n) is 3.58. The summed E-state index contributed by atoms with van der Waals surface area (Å²) in [7, 11) is 0. The van der Waals surface area contributed by atoms with Crippen LogP contribution in [0.2, 0.25) is 5.02 Å². The van der Waals surface area contributed by atoms with Crippen LogP contribution >= 0.6 is 23.4 Å². The fourth-order valence-corrected chi connectivity index (χ4v) is 4.16. The van der Waals surface area contributed by atoms with Gasteiger partial charge in [0.2, 0.25) is 11.9 Å². The van der Waals surface area contributed by atoms with E-state index in [4.69, 9.17) is 11.6 Å². The van der Waals surface area contributed by atoms with Crippen molar-refractivity contribution in [3.05, 3.63) is 53.1 Å². The van der Waals surface area contributed by atoms with Crippen LogP contribution in [0.25, 0.3) is 11.0 Å². The smallest absolute Gasteiger partial charge is 0.225 e. The number of aromatic amines is 1. The average molecular weight is 415 g/mol. The first-order chi connectivity index (χ1) is 13.6. The number of nitrogens with zero attached hydrogens (tertiary/aromatic N) is 2. The molecule has 2 heterocycles. The lowest BCUT2D eigenvalue weighted by Gasteiger charge is -2.31. The van der Waals surface area contributed by atoms with Crippen LogP contribution in [0, 0.1) is 5.92 Å². The van der Waals surface area contributed by atoms with Gasteiger partial charge in [-0.05, 0) is 55.0 Å². The number of piperidine rings is 1. The van der Waals surface area contributed by atoms with E-state index in [0.717, 1.165) is 41.9 Å². The molecular weight excluding hydrogens is 392 g/mol. The number of nitrogens with one attached hydrogen (secondary N) is 2. The van der Waals surface area contributed by atoms with Gasteiger partial charge in [-0.15, -0.1) is 11.8 Å². The van der Waals surface area contributed by atoms with Gasteiger partial charge in [0.05, 0.1) is 17.0 Å². The highest BCUT2D eigenvalue weighted by atomic mass is 35.5. The quantitative estimate of drug-likeness (QED) is 0.604. The number of carbonyl (C=O) groups excluding carboxylic acids is 1. The molecule has 0 saturated carbocycles. The van der Waals surface area contributed by atoms with Crippen molar-refractivity contribution in [2.75, 3.05) is 24.2 Å². The monoisotopic (exact) mass is 414 g/mol. The van der Waals surface area contributed by atoms with Crippen molar-refractivity contribution in [1.29, 1.82) is 0 Å². The lowest BCUT2D eigenvalue weighted by molar-refractivity contribution is -0.125. The fraction of sp³-hybridized carbons (Fsp3) is 0.333. The average Bonchev–Trinajstić information content (AvgIpc) is 3.15. The molecule has 1 aliphatic heterocycles. The van der Waals surface area contributed by atoms with Gasteiger partial charge >= 0.3 is 0 Å². The first-order valence-electron chi connectivity index (χ1n) is 9.43. The van der Waals surface area contributed by atoms with E-state index < -0.39 is 0 Å². The molecule has 1 fully saturated rings.